The minimum Gasteiger partial charge on any atom is -0.494 e. The maximum atomic E-state index is 5.89. The van der Waals surface area contributed by atoms with Crippen LogP contribution in [0.3, 0.4) is 0 Å². The molecule has 1 saturated heterocycles. The van der Waals surface area contributed by atoms with Gasteiger partial charge in [-0.25, -0.2) is 14.4 Å². The lowest BCUT2D eigenvalue weighted by molar-refractivity contribution is 0.169. The Balaban J connectivity index is 1.44. The summed E-state index contributed by atoms with van der Waals surface area (Å²) in [5.74, 6) is 1.70. The van der Waals surface area contributed by atoms with E-state index in [1.165, 1.54) is 0 Å². The van der Waals surface area contributed by atoms with Gasteiger partial charge in [-0.3, -0.25) is 4.90 Å². The van der Waals surface area contributed by atoms with E-state index in [2.05, 4.69) is 77.0 Å². The Morgan fingerprint density at radius 3 is 2.46 bits per heavy atom. The van der Waals surface area contributed by atoms with Gasteiger partial charge in [0, 0.05) is 37.3 Å². The van der Waals surface area contributed by atoms with E-state index in [4.69, 9.17) is 9.72 Å². The van der Waals surface area contributed by atoms with Gasteiger partial charge >= 0.3 is 0 Å². The molecule has 1 aliphatic rings. The first-order valence-corrected chi connectivity index (χ1v) is 12.3. The number of anilines is 1. The maximum absolute atomic E-state index is 5.89. The molecule has 0 N–H and O–H groups in total. The third-order valence-electron chi connectivity index (χ3n) is 6.87. The zero-order chi connectivity index (χ0) is 24.5. The number of ether oxygens (including phenoxy) is 1. The predicted octanol–water partition coefficient (Wildman–Crippen LogP) is 3.20. The summed E-state index contributed by atoms with van der Waals surface area (Å²) in [5.41, 5.74) is 4.20. The van der Waals surface area contributed by atoms with Crippen LogP contribution in [0.1, 0.15) is 20.3 Å². The standard InChI is InChI=1S/C26H34N8O/c1-18-16-33(17-19(2)32(18)5)26-30-29-24-15-27-23-12-11-22(28-25(23)34(24)26)20-7-9-21(10-8-20)35-14-6-13-31(3)4/h7-12,15,18-19H,6,13-14,16-17H2,1-5H3/t18-,19+. The molecule has 9 nitrogen and oxygen atoms in total. The van der Waals surface area contributed by atoms with E-state index in [0.29, 0.717) is 24.3 Å². The van der Waals surface area contributed by atoms with E-state index >= 15 is 0 Å². The van der Waals surface area contributed by atoms with E-state index in [9.17, 15) is 0 Å². The lowest BCUT2D eigenvalue weighted by Crippen LogP contribution is -2.55. The summed E-state index contributed by atoms with van der Waals surface area (Å²) >= 11 is 0. The van der Waals surface area contributed by atoms with Crippen molar-refractivity contribution < 1.29 is 4.74 Å². The number of aromatic nitrogens is 5. The molecule has 1 fully saturated rings. The van der Waals surface area contributed by atoms with Crippen LogP contribution in [0.2, 0.25) is 0 Å². The molecular weight excluding hydrogens is 440 g/mol. The van der Waals surface area contributed by atoms with Gasteiger partial charge in [-0.2, -0.15) is 0 Å². The summed E-state index contributed by atoms with van der Waals surface area (Å²) in [6, 6.07) is 13.0. The Bertz CT molecular complexity index is 1290. The highest BCUT2D eigenvalue weighted by Crippen LogP contribution is 2.26. The summed E-state index contributed by atoms with van der Waals surface area (Å²) in [6.45, 7) is 7.99. The highest BCUT2D eigenvalue weighted by atomic mass is 16.5. The SMILES string of the molecule is C[C@@H]1CN(c2nnc3cnc4ccc(-c5ccc(OCCCN(C)C)cc5)nc4n23)C[C@H](C)N1C. The molecule has 0 amide bonds. The molecule has 0 aliphatic carbocycles. The number of hydrogen-bond donors (Lipinski definition) is 0. The minimum atomic E-state index is 0.423. The number of fused-ring (bicyclic) bond motifs is 3. The van der Waals surface area contributed by atoms with Crippen molar-refractivity contribution in [1.29, 1.82) is 0 Å². The first-order valence-electron chi connectivity index (χ1n) is 12.3. The van der Waals surface area contributed by atoms with Crippen LogP contribution in [0.25, 0.3) is 28.1 Å². The van der Waals surface area contributed by atoms with E-state index in [1.807, 2.05) is 28.7 Å². The lowest BCUT2D eigenvalue weighted by atomic mass is 10.1. The maximum Gasteiger partial charge on any atom is 0.233 e. The monoisotopic (exact) mass is 474 g/mol. The van der Waals surface area contributed by atoms with Crippen molar-refractivity contribution in [2.75, 3.05) is 52.3 Å². The van der Waals surface area contributed by atoms with Crippen LogP contribution in [0.5, 0.6) is 5.75 Å². The number of piperazine rings is 1. The number of pyridine rings is 1. The van der Waals surface area contributed by atoms with E-state index in [-0.39, 0.29) is 0 Å². The molecule has 3 aromatic heterocycles. The van der Waals surface area contributed by atoms with Crippen LogP contribution in [-0.4, -0.2) is 93.8 Å². The van der Waals surface area contributed by atoms with Crippen LogP contribution in [0.15, 0.2) is 42.6 Å². The first kappa shape index (κ1) is 23.4. The predicted molar refractivity (Wildman–Crippen MR) is 139 cm³/mol. The fraction of sp³-hybridized carbons (Fsp3) is 0.462. The lowest BCUT2D eigenvalue weighted by Gasteiger charge is -2.42. The smallest absolute Gasteiger partial charge is 0.233 e. The summed E-state index contributed by atoms with van der Waals surface area (Å²) in [7, 11) is 6.33. The molecular formula is C26H34N8O. The Hall–Kier alpha value is -3.30. The van der Waals surface area contributed by atoms with E-state index in [0.717, 1.165) is 60.2 Å². The molecule has 2 atom stereocenters. The van der Waals surface area contributed by atoms with Crippen LogP contribution in [0.4, 0.5) is 5.95 Å². The molecule has 0 saturated carbocycles. The molecule has 35 heavy (non-hydrogen) atoms. The largest absolute Gasteiger partial charge is 0.494 e. The summed E-state index contributed by atoms with van der Waals surface area (Å²) in [4.78, 5) is 16.5. The fourth-order valence-corrected chi connectivity index (χ4v) is 4.63. The van der Waals surface area contributed by atoms with E-state index < -0.39 is 0 Å². The molecule has 0 bridgehead atoms. The minimum absolute atomic E-state index is 0.423. The van der Waals surface area contributed by atoms with Crippen molar-refractivity contribution in [3.63, 3.8) is 0 Å². The van der Waals surface area contributed by atoms with Crippen LogP contribution < -0.4 is 9.64 Å². The van der Waals surface area contributed by atoms with Gasteiger partial charge in [0.25, 0.3) is 0 Å². The number of hydrogen-bond acceptors (Lipinski definition) is 8. The molecule has 9 heteroatoms. The Labute approximate surface area is 206 Å². The van der Waals surface area contributed by atoms with Crippen molar-refractivity contribution in [2.45, 2.75) is 32.4 Å². The molecule has 0 unspecified atom stereocenters. The number of nitrogens with zero attached hydrogens (tertiary/aromatic N) is 8. The highest BCUT2D eigenvalue weighted by Gasteiger charge is 2.29. The van der Waals surface area contributed by atoms with E-state index in [1.54, 1.807) is 6.20 Å². The van der Waals surface area contributed by atoms with Crippen molar-refractivity contribution in [2.24, 2.45) is 0 Å². The molecule has 5 rings (SSSR count). The molecule has 0 spiro atoms. The fourth-order valence-electron chi connectivity index (χ4n) is 4.63. The third-order valence-corrected chi connectivity index (χ3v) is 6.87. The van der Waals surface area contributed by atoms with Gasteiger partial charge in [-0.05, 0) is 77.8 Å². The summed E-state index contributed by atoms with van der Waals surface area (Å²) < 4.78 is 7.93. The highest BCUT2D eigenvalue weighted by molar-refractivity contribution is 5.78. The van der Waals surface area contributed by atoms with Crippen LogP contribution in [-0.2, 0) is 0 Å². The molecule has 1 aromatic carbocycles. The Kier molecular flexibility index (Phi) is 6.53. The van der Waals surface area contributed by atoms with Crippen LogP contribution >= 0.6 is 0 Å². The van der Waals surface area contributed by atoms with Gasteiger partial charge < -0.3 is 14.5 Å². The van der Waals surface area contributed by atoms with Gasteiger partial charge in [0.2, 0.25) is 5.95 Å². The van der Waals surface area contributed by atoms with Crippen molar-refractivity contribution in [3.05, 3.63) is 42.6 Å². The second-order valence-electron chi connectivity index (χ2n) is 9.79. The zero-order valence-corrected chi connectivity index (χ0v) is 21.2. The summed E-state index contributed by atoms with van der Waals surface area (Å²) in [6.07, 6.45) is 2.77. The van der Waals surface area contributed by atoms with Gasteiger partial charge in [-0.15, -0.1) is 10.2 Å². The molecule has 0 radical (unpaired) electrons. The first-order chi connectivity index (χ1) is 16.9. The van der Waals surface area contributed by atoms with Gasteiger partial charge in [0.1, 0.15) is 11.3 Å². The Morgan fingerprint density at radius 1 is 1.00 bits per heavy atom. The molecule has 4 heterocycles. The number of likely N-dealkylation sites (N-methyl/N-ethyl adjacent to an activating group) is 1. The van der Waals surface area contributed by atoms with Gasteiger partial charge in [0.15, 0.2) is 11.3 Å². The quantitative estimate of drug-likeness (QED) is 0.378. The van der Waals surface area contributed by atoms with Crippen molar-refractivity contribution >= 4 is 22.8 Å². The molecule has 184 valence electrons. The Morgan fingerprint density at radius 2 is 1.74 bits per heavy atom. The second kappa shape index (κ2) is 9.75. The zero-order valence-electron chi connectivity index (χ0n) is 21.2. The number of rotatable bonds is 7. The normalized spacial score (nSPS) is 19.2. The van der Waals surface area contributed by atoms with Gasteiger partial charge in [-0.1, -0.05) is 0 Å². The average Bonchev–Trinajstić information content (AvgIpc) is 3.30. The van der Waals surface area contributed by atoms with Crippen molar-refractivity contribution in [3.8, 4) is 17.0 Å². The third kappa shape index (κ3) is 4.78. The van der Waals surface area contributed by atoms with Gasteiger partial charge in [0.05, 0.1) is 18.5 Å². The average molecular weight is 475 g/mol. The second-order valence-corrected chi connectivity index (χ2v) is 9.79. The topological polar surface area (TPSA) is 74.9 Å². The number of benzene rings is 1. The molecule has 4 aromatic rings. The molecule has 1 aliphatic heterocycles. The van der Waals surface area contributed by atoms with Crippen molar-refractivity contribution in [1.82, 2.24) is 34.4 Å². The van der Waals surface area contributed by atoms with Crippen LogP contribution in [0, 0.1) is 0 Å². The summed E-state index contributed by atoms with van der Waals surface area (Å²) in [5, 5.41) is 8.95.